The Balaban J connectivity index is 2.13. The molecule has 5 nitrogen and oxygen atoms in total. The van der Waals surface area contributed by atoms with Gasteiger partial charge in [0.15, 0.2) is 0 Å². The Kier molecular flexibility index (Phi) is 4.39. The van der Waals surface area contributed by atoms with Crippen LogP contribution in [0.4, 0.5) is 0 Å². The number of morpholine rings is 1. The van der Waals surface area contributed by atoms with E-state index in [1.807, 2.05) is 13.8 Å². The lowest BCUT2D eigenvalue weighted by atomic mass is 10.0. The number of rotatable bonds is 4. The van der Waals surface area contributed by atoms with Gasteiger partial charge < -0.3 is 19.9 Å². The monoisotopic (exact) mass is 265 g/mol. The maximum Gasteiger partial charge on any atom is 0.339 e. The molecule has 0 radical (unpaired) electrons. The fourth-order valence-electron chi connectivity index (χ4n) is 2.06. The third-order valence-corrected chi connectivity index (χ3v) is 3.33. The molecular formula is C14H19NO4. The van der Waals surface area contributed by atoms with Crippen LogP contribution in [0.1, 0.15) is 21.5 Å². The van der Waals surface area contributed by atoms with Gasteiger partial charge in [0.2, 0.25) is 0 Å². The van der Waals surface area contributed by atoms with E-state index in [-0.39, 0.29) is 11.6 Å². The van der Waals surface area contributed by atoms with Crippen molar-refractivity contribution >= 4 is 5.97 Å². The SMILES string of the molecule is Cc1ccc(C(=O)O)c(OCC2COCCN2)c1C. The van der Waals surface area contributed by atoms with Gasteiger partial charge in [-0.2, -0.15) is 0 Å². The Morgan fingerprint density at radius 2 is 2.32 bits per heavy atom. The van der Waals surface area contributed by atoms with Crippen LogP contribution in [0.5, 0.6) is 5.75 Å². The van der Waals surface area contributed by atoms with Gasteiger partial charge in [-0.25, -0.2) is 4.79 Å². The molecule has 1 unspecified atom stereocenters. The van der Waals surface area contributed by atoms with Crippen molar-refractivity contribution in [2.45, 2.75) is 19.9 Å². The van der Waals surface area contributed by atoms with Crippen LogP contribution in [0.25, 0.3) is 0 Å². The molecule has 1 aliphatic rings. The lowest BCUT2D eigenvalue weighted by Gasteiger charge is -2.24. The summed E-state index contributed by atoms with van der Waals surface area (Å²) in [5, 5.41) is 12.5. The zero-order chi connectivity index (χ0) is 13.8. The average Bonchev–Trinajstić information content (AvgIpc) is 2.41. The first kappa shape index (κ1) is 13.8. The first-order valence-electron chi connectivity index (χ1n) is 6.37. The molecule has 104 valence electrons. The summed E-state index contributed by atoms with van der Waals surface area (Å²) in [6.07, 6.45) is 0. The summed E-state index contributed by atoms with van der Waals surface area (Å²) in [6, 6.07) is 3.49. The van der Waals surface area contributed by atoms with Crippen LogP contribution in [0.15, 0.2) is 12.1 Å². The second-order valence-electron chi connectivity index (χ2n) is 4.73. The molecule has 0 amide bonds. The summed E-state index contributed by atoms with van der Waals surface area (Å²) in [5.74, 6) is -0.508. The number of carbonyl (C=O) groups is 1. The normalized spacial score (nSPS) is 19.2. The zero-order valence-electron chi connectivity index (χ0n) is 11.2. The molecule has 1 aromatic rings. The van der Waals surface area contributed by atoms with Crippen LogP contribution in [0.3, 0.4) is 0 Å². The van der Waals surface area contributed by atoms with Crippen molar-refractivity contribution in [3.05, 3.63) is 28.8 Å². The number of nitrogens with one attached hydrogen (secondary N) is 1. The van der Waals surface area contributed by atoms with Crippen LogP contribution >= 0.6 is 0 Å². The molecule has 2 N–H and O–H groups in total. The number of hydrogen-bond acceptors (Lipinski definition) is 4. The highest BCUT2D eigenvalue weighted by Crippen LogP contribution is 2.26. The van der Waals surface area contributed by atoms with Gasteiger partial charge in [0.1, 0.15) is 17.9 Å². The van der Waals surface area contributed by atoms with E-state index < -0.39 is 5.97 Å². The number of hydrogen-bond donors (Lipinski definition) is 2. The molecule has 0 saturated carbocycles. The highest BCUT2D eigenvalue weighted by molar-refractivity contribution is 5.91. The lowest BCUT2D eigenvalue weighted by molar-refractivity contribution is 0.0580. The molecule has 0 aromatic heterocycles. The summed E-state index contributed by atoms with van der Waals surface area (Å²) in [4.78, 5) is 11.2. The van der Waals surface area contributed by atoms with Gasteiger partial charge in [-0.15, -0.1) is 0 Å². The Morgan fingerprint density at radius 1 is 1.53 bits per heavy atom. The minimum atomic E-state index is -0.967. The highest BCUT2D eigenvalue weighted by atomic mass is 16.5. The third-order valence-electron chi connectivity index (χ3n) is 3.33. The number of benzene rings is 1. The second-order valence-corrected chi connectivity index (χ2v) is 4.73. The summed E-state index contributed by atoms with van der Waals surface area (Å²) < 4.78 is 11.1. The number of aryl methyl sites for hydroxylation is 1. The summed E-state index contributed by atoms with van der Waals surface area (Å²) in [7, 11) is 0. The van der Waals surface area contributed by atoms with E-state index in [0.717, 1.165) is 17.7 Å². The smallest absolute Gasteiger partial charge is 0.339 e. The van der Waals surface area contributed by atoms with E-state index in [9.17, 15) is 9.90 Å². The van der Waals surface area contributed by atoms with Gasteiger partial charge in [-0.3, -0.25) is 0 Å². The summed E-state index contributed by atoms with van der Waals surface area (Å²) in [5.41, 5.74) is 2.10. The van der Waals surface area contributed by atoms with Crippen molar-refractivity contribution in [3.8, 4) is 5.75 Å². The fraction of sp³-hybridized carbons (Fsp3) is 0.500. The number of aromatic carboxylic acids is 1. The highest BCUT2D eigenvalue weighted by Gasteiger charge is 2.18. The van der Waals surface area contributed by atoms with Crippen LogP contribution < -0.4 is 10.1 Å². The van der Waals surface area contributed by atoms with Crippen molar-refractivity contribution in [1.29, 1.82) is 0 Å². The first-order valence-corrected chi connectivity index (χ1v) is 6.37. The van der Waals surface area contributed by atoms with E-state index in [0.29, 0.717) is 25.6 Å². The largest absolute Gasteiger partial charge is 0.491 e. The van der Waals surface area contributed by atoms with Crippen LogP contribution in [-0.4, -0.2) is 43.5 Å². The molecule has 1 aromatic carbocycles. The van der Waals surface area contributed by atoms with Crippen LogP contribution in [0.2, 0.25) is 0 Å². The van der Waals surface area contributed by atoms with Crippen molar-refractivity contribution < 1.29 is 19.4 Å². The molecule has 1 saturated heterocycles. The van der Waals surface area contributed by atoms with Gasteiger partial charge in [0.05, 0.1) is 19.3 Å². The van der Waals surface area contributed by atoms with Gasteiger partial charge in [0.25, 0.3) is 0 Å². The standard InChI is InChI=1S/C14H19NO4/c1-9-3-4-12(14(16)17)13(10(9)2)19-8-11-7-18-6-5-15-11/h3-4,11,15H,5-8H2,1-2H3,(H,16,17). The number of ether oxygens (including phenoxy) is 2. The summed E-state index contributed by atoms with van der Waals surface area (Å²) in [6.45, 7) is 6.32. The van der Waals surface area contributed by atoms with Gasteiger partial charge in [-0.05, 0) is 31.0 Å². The van der Waals surface area contributed by atoms with E-state index in [4.69, 9.17) is 9.47 Å². The molecule has 0 aliphatic carbocycles. The maximum atomic E-state index is 11.2. The van der Waals surface area contributed by atoms with Gasteiger partial charge in [0, 0.05) is 6.54 Å². The second kappa shape index (κ2) is 6.04. The predicted octanol–water partition coefficient (Wildman–Crippen LogP) is 1.37. The molecular weight excluding hydrogens is 246 g/mol. The zero-order valence-corrected chi connectivity index (χ0v) is 11.2. The lowest BCUT2D eigenvalue weighted by Crippen LogP contribution is -2.45. The van der Waals surface area contributed by atoms with Crippen molar-refractivity contribution in [2.75, 3.05) is 26.4 Å². The fourth-order valence-corrected chi connectivity index (χ4v) is 2.06. The van der Waals surface area contributed by atoms with E-state index in [2.05, 4.69) is 5.32 Å². The van der Waals surface area contributed by atoms with Gasteiger partial charge in [-0.1, -0.05) is 6.07 Å². The van der Waals surface area contributed by atoms with Crippen molar-refractivity contribution in [3.63, 3.8) is 0 Å². The Morgan fingerprint density at radius 3 is 2.95 bits per heavy atom. The van der Waals surface area contributed by atoms with Crippen molar-refractivity contribution in [1.82, 2.24) is 5.32 Å². The van der Waals surface area contributed by atoms with E-state index >= 15 is 0 Å². The first-order chi connectivity index (χ1) is 9.09. The average molecular weight is 265 g/mol. The topological polar surface area (TPSA) is 67.8 Å². The van der Waals surface area contributed by atoms with Crippen LogP contribution in [-0.2, 0) is 4.74 Å². The molecule has 1 aliphatic heterocycles. The third kappa shape index (κ3) is 3.24. The molecule has 0 spiro atoms. The molecule has 0 bridgehead atoms. The quantitative estimate of drug-likeness (QED) is 0.860. The Bertz CT molecular complexity index is 467. The predicted molar refractivity (Wildman–Crippen MR) is 71.0 cm³/mol. The minimum absolute atomic E-state index is 0.107. The Hall–Kier alpha value is -1.59. The minimum Gasteiger partial charge on any atom is -0.491 e. The number of carboxylic acid groups (broad SMARTS) is 1. The molecule has 19 heavy (non-hydrogen) atoms. The van der Waals surface area contributed by atoms with E-state index in [1.165, 1.54) is 0 Å². The molecule has 2 rings (SSSR count). The molecule has 1 atom stereocenters. The van der Waals surface area contributed by atoms with E-state index in [1.54, 1.807) is 12.1 Å². The molecule has 5 heteroatoms. The molecule has 1 fully saturated rings. The van der Waals surface area contributed by atoms with Crippen molar-refractivity contribution in [2.24, 2.45) is 0 Å². The number of carboxylic acids is 1. The Labute approximate surface area is 112 Å². The van der Waals surface area contributed by atoms with Crippen LogP contribution in [0, 0.1) is 13.8 Å². The maximum absolute atomic E-state index is 11.2. The summed E-state index contributed by atoms with van der Waals surface area (Å²) >= 11 is 0. The van der Waals surface area contributed by atoms with Gasteiger partial charge >= 0.3 is 5.97 Å². The molecule has 1 heterocycles.